The van der Waals surface area contributed by atoms with Crippen molar-refractivity contribution in [1.29, 1.82) is 5.26 Å². The van der Waals surface area contributed by atoms with E-state index >= 15 is 0 Å². The number of fused-ring (bicyclic) bond motifs is 9. The average Bonchev–Trinajstić information content (AvgIpc) is 3.89. The first-order chi connectivity index (χ1) is 27.2. The molecule has 11 aromatic rings. The van der Waals surface area contributed by atoms with Crippen LogP contribution >= 0.6 is 0 Å². The van der Waals surface area contributed by atoms with E-state index in [1.807, 2.05) is 36.4 Å². The van der Waals surface area contributed by atoms with Crippen LogP contribution in [0.2, 0.25) is 0 Å². The third-order valence-corrected chi connectivity index (χ3v) is 11.1. The van der Waals surface area contributed by atoms with E-state index in [1.54, 1.807) is 0 Å². The number of nitriles is 1. The Morgan fingerprint density at radius 2 is 0.891 bits per heavy atom. The molecular formula is C50H29N5. The summed E-state index contributed by atoms with van der Waals surface area (Å²) in [7, 11) is 0. The molecule has 254 valence electrons. The monoisotopic (exact) mass is 699 g/mol. The summed E-state index contributed by atoms with van der Waals surface area (Å²) in [6.45, 7) is 7.58. The van der Waals surface area contributed by atoms with Crippen molar-refractivity contribution in [3.63, 3.8) is 0 Å². The Kier molecular flexibility index (Phi) is 6.61. The topological polar surface area (TPSA) is 42.9 Å². The molecule has 3 aromatic heterocycles. The average molecular weight is 700 g/mol. The lowest BCUT2D eigenvalue weighted by Crippen LogP contribution is -1.99. The summed E-state index contributed by atoms with van der Waals surface area (Å²) >= 11 is 0. The van der Waals surface area contributed by atoms with Crippen LogP contribution in [0.25, 0.3) is 98.5 Å². The molecule has 5 nitrogen and oxygen atoms in total. The molecule has 0 saturated heterocycles. The number of para-hydroxylation sites is 4. The molecule has 0 unspecified atom stereocenters. The van der Waals surface area contributed by atoms with Gasteiger partial charge in [0.25, 0.3) is 0 Å². The molecule has 0 atom stereocenters. The number of benzene rings is 8. The van der Waals surface area contributed by atoms with Gasteiger partial charge in [-0.2, -0.15) is 5.26 Å². The molecule has 0 amide bonds. The summed E-state index contributed by atoms with van der Waals surface area (Å²) in [6, 6.07) is 63.8. The number of hydrogen-bond acceptors (Lipinski definition) is 1. The van der Waals surface area contributed by atoms with Crippen LogP contribution in [0.1, 0.15) is 5.56 Å². The molecule has 11 rings (SSSR count). The molecule has 55 heavy (non-hydrogen) atoms. The van der Waals surface area contributed by atoms with Gasteiger partial charge in [0.2, 0.25) is 0 Å². The van der Waals surface area contributed by atoms with Crippen LogP contribution in [0.5, 0.6) is 0 Å². The van der Waals surface area contributed by atoms with Crippen molar-refractivity contribution in [2.75, 3.05) is 0 Å². The quantitative estimate of drug-likeness (QED) is 0.169. The molecule has 5 heteroatoms. The summed E-state index contributed by atoms with van der Waals surface area (Å²) in [4.78, 5) is 3.69. The summed E-state index contributed by atoms with van der Waals surface area (Å²) in [6.07, 6.45) is 0. The van der Waals surface area contributed by atoms with Crippen molar-refractivity contribution in [2.45, 2.75) is 0 Å². The number of rotatable bonds is 4. The number of aromatic nitrogens is 3. The van der Waals surface area contributed by atoms with E-state index in [9.17, 15) is 5.26 Å². The lowest BCUT2D eigenvalue weighted by atomic mass is 10.0. The summed E-state index contributed by atoms with van der Waals surface area (Å²) in [5.41, 5.74) is 13.1. The standard InChI is InChI=1S/C50H29N5/c1-52-34-21-26-48-42(29-34)40-12-4-8-16-46(40)53(48)35-22-19-33(20-23-35)37-25-18-32(31-51)28-50(37)55-47-17-9-5-13-41(47)43-30-36(24-27-49(43)55)54-44-14-6-2-10-38(44)39-11-3-7-15-45(39)54/h2-30H. The van der Waals surface area contributed by atoms with E-state index in [-0.39, 0.29) is 0 Å². The number of nitrogens with zero attached hydrogens (tertiary/aromatic N) is 5. The van der Waals surface area contributed by atoms with Gasteiger partial charge in [-0.3, -0.25) is 0 Å². The van der Waals surface area contributed by atoms with E-state index in [4.69, 9.17) is 6.57 Å². The Morgan fingerprint density at radius 1 is 0.418 bits per heavy atom. The molecule has 0 bridgehead atoms. The highest BCUT2D eigenvalue weighted by molar-refractivity contribution is 6.13. The zero-order chi connectivity index (χ0) is 36.6. The first kappa shape index (κ1) is 30.7. The normalized spacial score (nSPS) is 11.6. The minimum absolute atomic E-state index is 0.604. The lowest BCUT2D eigenvalue weighted by Gasteiger charge is -2.16. The molecule has 0 aliphatic rings. The van der Waals surface area contributed by atoms with Crippen LogP contribution in [0.3, 0.4) is 0 Å². The Hall–Kier alpha value is -7.86. The molecule has 0 N–H and O–H groups in total. The third-order valence-electron chi connectivity index (χ3n) is 11.1. The van der Waals surface area contributed by atoms with Crippen LogP contribution in [-0.4, -0.2) is 13.7 Å². The molecule has 0 aliphatic carbocycles. The maximum atomic E-state index is 10.1. The lowest BCUT2D eigenvalue weighted by molar-refractivity contribution is 1.16. The molecule has 3 heterocycles. The van der Waals surface area contributed by atoms with E-state index in [0.717, 1.165) is 71.8 Å². The fraction of sp³-hybridized carbons (Fsp3) is 0. The van der Waals surface area contributed by atoms with Crippen LogP contribution in [0.15, 0.2) is 176 Å². The minimum Gasteiger partial charge on any atom is -0.309 e. The van der Waals surface area contributed by atoms with Crippen molar-refractivity contribution < 1.29 is 0 Å². The van der Waals surface area contributed by atoms with Crippen LogP contribution in [0.4, 0.5) is 5.69 Å². The Bertz CT molecular complexity index is 3400. The van der Waals surface area contributed by atoms with Gasteiger partial charge in [0.1, 0.15) is 0 Å². The maximum Gasteiger partial charge on any atom is 0.188 e. The molecule has 0 aliphatic heterocycles. The fourth-order valence-corrected chi connectivity index (χ4v) is 8.69. The molecule has 0 spiro atoms. The number of hydrogen-bond donors (Lipinski definition) is 0. The van der Waals surface area contributed by atoms with Gasteiger partial charge in [-0.05, 0) is 89.8 Å². The molecule has 8 aromatic carbocycles. The minimum atomic E-state index is 0.604. The second-order valence-corrected chi connectivity index (χ2v) is 14.0. The molecule has 0 saturated carbocycles. The fourth-order valence-electron chi connectivity index (χ4n) is 8.69. The Labute approximate surface area is 316 Å². The van der Waals surface area contributed by atoms with Crippen molar-refractivity contribution in [2.24, 2.45) is 0 Å². The summed E-state index contributed by atoms with van der Waals surface area (Å²) < 4.78 is 6.94. The van der Waals surface area contributed by atoms with E-state index in [1.165, 1.54) is 21.8 Å². The third kappa shape index (κ3) is 4.51. The van der Waals surface area contributed by atoms with Gasteiger partial charge in [0, 0.05) is 43.9 Å². The molecule has 0 radical (unpaired) electrons. The largest absolute Gasteiger partial charge is 0.309 e. The van der Waals surface area contributed by atoms with Gasteiger partial charge in [0.15, 0.2) is 5.69 Å². The highest BCUT2D eigenvalue weighted by Crippen LogP contribution is 2.40. The Morgan fingerprint density at radius 3 is 1.49 bits per heavy atom. The van der Waals surface area contributed by atoms with Crippen molar-refractivity contribution >= 4 is 71.1 Å². The highest BCUT2D eigenvalue weighted by atomic mass is 15.0. The second-order valence-electron chi connectivity index (χ2n) is 14.0. The summed E-state index contributed by atoms with van der Waals surface area (Å²) in [5, 5.41) is 17.1. The van der Waals surface area contributed by atoms with Gasteiger partial charge in [-0.1, -0.05) is 97.1 Å². The zero-order valence-corrected chi connectivity index (χ0v) is 29.5. The first-order valence-corrected chi connectivity index (χ1v) is 18.3. The van der Waals surface area contributed by atoms with Crippen molar-refractivity contribution in [3.05, 3.63) is 193 Å². The first-order valence-electron chi connectivity index (χ1n) is 18.3. The van der Waals surface area contributed by atoms with E-state index < -0.39 is 0 Å². The van der Waals surface area contributed by atoms with Gasteiger partial charge < -0.3 is 13.7 Å². The van der Waals surface area contributed by atoms with E-state index in [0.29, 0.717) is 11.3 Å². The zero-order valence-electron chi connectivity index (χ0n) is 29.5. The predicted molar refractivity (Wildman–Crippen MR) is 226 cm³/mol. The van der Waals surface area contributed by atoms with Crippen molar-refractivity contribution in [1.82, 2.24) is 13.7 Å². The van der Waals surface area contributed by atoms with Crippen LogP contribution < -0.4 is 0 Å². The second kappa shape index (κ2) is 11.8. The Balaban J connectivity index is 1.10. The van der Waals surface area contributed by atoms with Gasteiger partial charge in [0.05, 0.1) is 57.0 Å². The van der Waals surface area contributed by atoms with Crippen molar-refractivity contribution in [3.8, 4) is 34.3 Å². The van der Waals surface area contributed by atoms with Crippen LogP contribution in [0, 0.1) is 17.9 Å². The highest BCUT2D eigenvalue weighted by Gasteiger charge is 2.19. The van der Waals surface area contributed by atoms with E-state index in [2.05, 4.69) is 164 Å². The maximum absolute atomic E-state index is 10.1. The SMILES string of the molecule is [C-]#[N+]c1ccc2c(c1)c1ccccc1n2-c1ccc(-c2ccc(C#N)cc2-n2c3ccccc3c3cc(-n4c5ccccc5c5ccccc54)ccc32)cc1. The molecular weight excluding hydrogens is 671 g/mol. The van der Waals surface area contributed by atoms with Gasteiger partial charge >= 0.3 is 0 Å². The molecule has 0 fully saturated rings. The predicted octanol–water partition coefficient (Wildman–Crippen LogP) is 13.1. The van der Waals surface area contributed by atoms with Crippen LogP contribution in [-0.2, 0) is 0 Å². The smallest absolute Gasteiger partial charge is 0.188 e. The van der Waals surface area contributed by atoms with Gasteiger partial charge in [-0.15, -0.1) is 0 Å². The summed E-state index contributed by atoms with van der Waals surface area (Å²) in [5.74, 6) is 0. The van der Waals surface area contributed by atoms with Gasteiger partial charge in [-0.25, -0.2) is 4.85 Å².